The second kappa shape index (κ2) is 5.98. The molecule has 0 aliphatic rings. The van der Waals surface area contributed by atoms with Crippen molar-refractivity contribution in [1.82, 2.24) is 4.98 Å². The highest BCUT2D eigenvalue weighted by molar-refractivity contribution is 7.13. The van der Waals surface area contributed by atoms with Crippen LogP contribution in [0.4, 0.5) is 5.13 Å². The first kappa shape index (κ1) is 13.1. The van der Waals surface area contributed by atoms with Crippen LogP contribution in [-0.4, -0.2) is 12.0 Å². The summed E-state index contributed by atoms with van der Waals surface area (Å²) in [5.41, 5.74) is 9.27. The van der Waals surface area contributed by atoms with Crippen LogP contribution in [0.3, 0.4) is 0 Å². The Morgan fingerprint density at radius 1 is 1.33 bits per heavy atom. The average Bonchev–Trinajstić information content (AvgIpc) is 2.88. The Morgan fingerprint density at radius 2 is 2.11 bits per heavy atom. The molecule has 0 unspecified atom stereocenters. The van der Waals surface area contributed by atoms with Crippen LogP contribution in [0.5, 0.6) is 0 Å². The molecule has 3 nitrogen and oxygen atoms in total. The highest BCUT2D eigenvalue weighted by Crippen LogP contribution is 2.21. The van der Waals surface area contributed by atoms with Gasteiger partial charge in [-0.2, -0.15) is 0 Å². The summed E-state index contributed by atoms with van der Waals surface area (Å²) in [4.78, 5) is 6.77. The molecule has 0 bridgehead atoms. The molecule has 0 radical (unpaired) electrons. The summed E-state index contributed by atoms with van der Waals surface area (Å²) in [6.45, 7) is 3.59. The molecule has 0 fully saturated rings. The van der Waals surface area contributed by atoms with Crippen molar-refractivity contribution in [2.45, 2.75) is 26.4 Å². The van der Waals surface area contributed by atoms with Gasteiger partial charge >= 0.3 is 0 Å². The van der Waals surface area contributed by atoms with Gasteiger partial charge in [0.15, 0.2) is 5.13 Å². The smallest absolute Gasteiger partial charge is 0.185 e. The number of anilines is 1. The fourth-order valence-electron chi connectivity index (χ4n) is 1.83. The van der Waals surface area contributed by atoms with Crippen LogP contribution >= 0.6 is 11.3 Å². The highest BCUT2D eigenvalue weighted by Gasteiger charge is 2.07. The zero-order chi connectivity index (χ0) is 13.0. The van der Waals surface area contributed by atoms with E-state index >= 15 is 0 Å². The van der Waals surface area contributed by atoms with E-state index in [0.29, 0.717) is 6.54 Å². The third-order valence-electron chi connectivity index (χ3n) is 2.88. The summed E-state index contributed by atoms with van der Waals surface area (Å²) < 4.78 is 0. The Bertz CT molecular complexity index is 507. The van der Waals surface area contributed by atoms with Gasteiger partial charge in [-0.05, 0) is 17.5 Å². The van der Waals surface area contributed by atoms with Gasteiger partial charge in [0.05, 0.1) is 5.69 Å². The van der Waals surface area contributed by atoms with Gasteiger partial charge in [-0.1, -0.05) is 31.2 Å². The number of hydrogen-bond donors (Lipinski definition) is 1. The number of hydrogen-bond acceptors (Lipinski definition) is 4. The van der Waals surface area contributed by atoms with Crippen molar-refractivity contribution < 1.29 is 0 Å². The Morgan fingerprint density at radius 3 is 2.78 bits per heavy atom. The lowest BCUT2D eigenvalue weighted by Gasteiger charge is -2.16. The Hall–Kier alpha value is -1.39. The SMILES string of the molecule is CCc1csc(N(C)Cc2cccc(CN)c2)n1. The minimum Gasteiger partial charge on any atom is -0.347 e. The molecule has 0 amide bonds. The third kappa shape index (κ3) is 3.09. The number of thiazole rings is 1. The molecule has 0 saturated carbocycles. The zero-order valence-electron chi connectivity index (χ0n) is 10.9. The molecule has 0 spiro atoms. The maximum atomic E-state index is 5.66. The molecule has 2 N–H and O–H groups in total. The molecule has 0 aliphatic heterocycles. The van der Waals surface area contributed by atoms with Crippen LogP contribution in [-0.2, 0) is 19.5 Å². The first-order chi connectivity index (χ1) is 8.72. The first-order valence-corrected chi connectivity index (χ1v) is 7.04. The van der Waals surface area contributed by atoms with E-state index in [9.17, 15) is 0 Å². The number of nitrogens with two attached hydrogens (primary N) is 1. The summed E-state index contributed by atoms with van der Waals surface area (Å²) in [7, 11) is 2.08. The van der Waals surface area contributed by atoms with Crippen LogP contribution < -0.4 is 10.6 Å². The second-order valence-corrected chi connectivity index (χ2v) is 5.19. The third-order valence-corrected chi connectivity index (χ3v) is 3.88. The number of aryl methyl sites for hydroxylation is 1. The molecule has 18 heavy (non-hydrogen) atoms. The standard InChI is InChI=1S/C14H19N3S/c1-3-13-10-18-14(16-13)17(2)9-12-6-4-5-11(7-12)8-15/h4-7,10H,3,8-9,15H2,1-2H3. The number of aromatic nitrogens is 1. The van der Waals surface area contributed by atoms with E-state index in [1.54, 1.807) is 11.3 Å². The Kier molecular flexibility index (Phi) is 4.33. The van der Waals surface area contributed by atoms with Crippen LogP contribution in [0, 0.1) is 0 Å². The van der Waals surface area contributed by atoms with Gasteiger partial charge in [0.2, 0.25) is 0 Å². The van der Waals surface area contributed by atoms with Gasteiger partial charge < -0.3 is 10.6 Å². The lowest BCUT2D eigenvalue weighted by Crippen LogP contribution is -2.16. The second-order valence-electron chi connectivity index (χ2n) is 4.36. The van der Waals surface area contributed by atoms with E-state index in [1.165, 1.54) is 11.1 Å². The Labute approximate surface area is 112 Å². The van der Waals surface area contributed by atoms with Gasteiger partial charge in [-0.3, -0.25) is 0 Å². The van der Waals surface area contributed by atoms with Crippen LogP contribution in [0.25, 0.3) is 0 Å². The van der Waals surface area contributed by atoms with E-state index in [2.05, 4.69) is 53.5 Å². The molecule has 0 saturated heterocycles. The summed E-state index contributed by atoms with van der Waals surface area (Å²) in [6, 6.07) is 8.40. The highest BCUT2D eigenvalue weighted by atomic mass is 32.1. The molecule has 4 heteroatoms. The first-order valence-electron chi connectivity index (χ1n) is 6.16. The molecule has 2 aromatic rings. The molecule has 0 atom stereocenters. The van der Waals surface area contributed by atoms with E-state index in [4.69, 9.17) is 5.73 Å². The lowest BCUT2D eigenvalue weighted by molar-refractivity contribution is 0.900. The minimum absolute atomic E-state index is 0.592. The Balaban J connectivity index is 2.08. The van der Waals surface area contributed by atoms with Crippen LogP contribution in [0.15, 0.2) is 29.6 Å². The van der Waals surface area contributed by atoms with Crippen molar-refractivity contribution >= 4 is 16.5 Å². The molecular weight excluding hydrogens is 242 g/mol. The van der Waals surface area contributed by atoms with Crippen LogP contribution in [0.1, 0.15) is 23.7 Å². The molecule has 2 rings (SSSR count). The van der Waals surface area contributed by atoms with Crippen molar-refractivity contribution in [3.8, 4) is 0 Å². The van der Waals surface area contributed by atoms with Crippen molar-refractivity contribution in [1.29, 1.82) is 0 Å². The quantitative estimate of drug-likeness (QED) is 0.900. The van der Waals surface area contributed by atoms with E-state index in [-0.39, 0.29) is 0 Å². The predicted octanol–water partition coefficient (Wildman–Crippen LogP) is 2.80. The van der Waals surface area contributed by atoms with E-state index < -0.39 is 0 Å². The fourth-order valence-corrected chi connectivity index (χ4v) is 2.71. The van der Waals surface area contributed by atoms with Crippen molar-refractivity contribution in [3.05, 3.63) is 46.5 Å². The topological polar surface area (TPSA) is 42.1 Å². The molecule has 1 aromatic carbocycles. The van der Waals surface area contributed by atoms with E-state index in [1.807, 2.05) is 0 Å². The maximum Gasteiger partial charge on any atom is 0.185 e. The van der Waals surface area contributed by atoms with Crippen molar-refractivity contribution in [2.75, 3.05) is 11.9 Å². The monoisotopic (exact) mass is 261 g/mol. The zero-order valence-corrected chi connectivity index (χ0v) is 11.7. The average molecular weight is 261 g/mol. The minimum atomic E-state index is 0.592. The summed E-state index contributed by atoms with van der Waals surface area (Å²) in [6.07, 6.45) is 0.993. The maximum absolute atomic E-state index is 5.66. The summed E-state index contributed by atoms with van der Waals surface area (Å²) in [5, 5.41) is 3.20. The largest absolute Gasteiger partial charge is 0.347 e. The number of nitrogens with zero attached hydrogens (tertiary/aromatic N) is 2. The molecule has 0 aliphatic carbocycles. The lowest BCUT2D eigenvalue weighted by atomic mass is 10.1. The number of benzene rings is 1. The number of rotatable bonds is 5. The van der Waals surface area contributed by atoms with Crippen LogP contribution in [0.2, 0.25) is 0 Å². The van der Waals surface area contributed by atoms with Crippen molar-refractivity contribution in [2.24, 2.45) is 5.73 Å². The molecule has 1 aromatic heterocycles. The molecular formula is C14H19N3S. The van der Waals surface area contributed by atoms with Gasteiger partial charge in [0.25, 0.3) is 0 Å². The molecule has 96 valence electrons. The summed E-state index contributed by atoms with van der Waals surface area (Å²) >= 11 is 1.70. The summed E-state index contributed by atoms with van der Waals surface area (Å²) in [5.74, 6) is 0. The predicted molar refractivity (Wildman–Crippen MR) is 77.9 cm³/mol. The fraction of sp³-hybridized carbons (Fsp3) is 0.357. The van der Waals surface area contributed by atoms with Gasteiger partial charge in [-0.25, -0.2) is 4.98 Å². The van der Waals surface area contributed by atoms with Gasteiger partial charge in [-0.15, -0.1) is 11.3 Å². The van der Waals surface area contributed by atoms with Crippen molar-refractivity contribution in [3.63, 3.8) is 0 Å². The van der Waals surface area contributed by atoms with Gasteiger partial charge in [0.1, 0.15) is 0 Å². The normalized spacial score (nSPS) is 10.6. The molecule has 1 heterocycles. The van der Waals surface area contributed by atoms with E-state index in [0.717, 1.165) is 23.8 Å². The van der Waals surface area contributed by atoms with Gasteiger partial charge in [0, 0.05) is 25.5 Å².